The van der Waals surface area contributed by atoms with Crippen LogP contribution in [-0.2, 0) is 9.53 Å². The lowest BCUT2D eigenvalue weighted by molar-refractivity contribution is -0.129. The molecule has 1 amide bonds. The van der Waals surface area contributed by atoms with Crippen molar-refractivity contribution in [2.75, 3.05) is 18.4 Å². The van der Waals surface area contributed by atoms with Gasteiger partial charge in [-0.05, 0) is 19.3 Å². The van der Waals surface area contributed by atoms with Crippen molar-refractivity contribution in [3.8, 4) is 0 Å². The molecule has 0 aliphatic carbocycles. The van der Waals surface area contributed by atoms with Crippen molar-refractivity contribution in [2.45, 2.75) is 25.4 Å². The number of aromatic nitrogens is 1. The molecule has 1 fully saturated rings. The average Bonchev–Trinajstić information content (AvgIpc) is 2.83. The Labute approximate surface area is 121 Å². The second-order valence-electron chi connectivity index (χ2n) is 4.39. The Balaban J connectivity index is 1.94. The Bertz CT molecular complexity index is 501. The minimum Gasteiger partial charge on any atom is -0.448 e. The van der Waals surface area contributed by atoms with E-state index in [4.69, 9.17) is 4.74 Å². The van der Waals surface area contributed by atoms with Crippen LogP contribution in [0.25, 0.3) is 0 Å². The topological polar surface area (TPSA) is 80.3 Å². The van der Waals surface area contributed by atoms with Crippen molar-refractivity contribution in [3.63, 3.8) is 0 Å². The van der Waals surface area contributed by atoms with Crippen molar-refractivity contribution in [2.24, 2.45) is 0 Å². The van der Waals surface area contributed by atoms with Gasteiger partial charge >= 0.3 is 5.97 Å². The summed E-state index contributed by atoms with van der Waals surface area (Å²) in [5.41, 5.74) is 0.221. The first-order valence-electron chi connectivity index (χ1n) is 6.49. The van der Waals surface area contributed by atoms with Gasteiger partial charge in [0.1, 0.15) is 0 Å². The minimum absolute atomic E-state index is 0.221. The molecule has 1 aromatic heterocycles. The monoisotopic (exact) mass is 295 g/mol. The van der Waals surface area contributed by atoms with Gasteiger partial charge in [-0.15, -0.1) is 17.9 Å². The minimum atomic E-state index is -0.712. The number of esters is 1. The van der Waals surface area contributed by atoms with E-state index in [1.807, 2.05) is 0 Å². The molecule has 2 heterocycles. The highest BCUT2D eigenvalue weighted by molar-refractivity contribution is 7.13. The molecule has 0 radical (unpaired) electrons. The fraction of sp³-hybridized carbons (Fsp3) is 0.462. The summed E-state index contributed by atoms with van der Waals surface area (Å²) in [6.45, 7) is 4.81. The molecule has 0 bridgehead atoms. The van der Waals surface area contributed by atoms with Crippen LogP contribution < -0.4 is 10.6 Å². The van der Waals surface area contributed by atoms with Crippen molar-refractivity contribution >= 4 is 28.3 Å². The number of rotatable bonds is 5. The van der Waals surface area contributed by atoms with Crippen LogP contribution >= 0.6 is 11.3 Å². The van der Waals surface area contributed by atoms with E-state index < -0.39 is 12.1 Å². The summed E-state index contributed by atoms with van der Waals surface area (Å²) in [5.74, 6) is -0.786. The third-order valence-corrected chi connectivity index (χ3v) is 3.64. The van der Waals surface area contributed by atoms with Gasteiger partial charge in [0.05, 0.1) is 0 Å². The standard InChI is InChI=1S/C13H17N3O3S/c1-2-6-15-13-16-9(8-20-13)12(18)19-10-5-3-4-7-14-11(10)17/h2,8,10H,1,3-7H2,(H,14,17)(H,15,16). The first-order chi connectivity index (χ1) is 9.70. The molecule has 6 nitrogen and oxygen atoms in total. The summed E-state index contributed by atoms with van der Waals surface area (Å²) >= 11 is 1.31. The second-order valence-corrected chi connectivity index (χ2v) is 5.25. The van der Waals surface area contributed by atoms with Gasteiger partial charge in [-0.1, -0.05) is 6.08 Å². The Kier molecular flexibility index (Phi) is 5.11. The molecule has 1 aliphatic heterocycles. The second kappa shape index (κ2) is 7.04. The number of thiazole rings is 1. The molecule has 1 aliphatic rings. The Morgan fingerprint density at radius 2 is 2.50 bits per heavy atom. The lowest BCUT2D eigenvalue weighted by Gasteiger charge is -2.13. The molecule has 1 atom stereocenters. The largest absolute Gasteiger partial charge is 0.448 e. The molecule has 20 heavy (non-hydrogen) atoms. The van der Waals surface area contributed by atoms with Crippen LogP contribution in [0.3, 0.4) is 0 Å². The van der Waals surface area contributed by atoms with E-state index in [1.165, 1.54) is 11.3 Å². The molecular weight excluding hydrogens is 278 g/mol. The number of hydrogen-bond donors (Lipinski definition) is 2. The van der Waals surface area contributed by atoms with Gasteiger partial charge in [-0.3, -0.25) is 4.79 Å². The van der Waals surface area contributed by atoms with E-state index in [0.29, 0.717) is 24.6 Å². The predicted molar refractivity (Wildman–Crippen MR) is 76.9 cm³/mol. The van der Waals surface area contributed by atoms with Gasteiger partial charge in [0.15, 0.2) is 16.9 Å². The summed E-state index contributed by atoms with van der Waals surface area (Å²) in [7, 11) is 0. The van der Waals surface area contributed by atoms with Gasteiger partial charge < -0.3 is 15.4 Å². The van der Waals surface area contributed by atoms with Gasteiger partial charge in [0, 0.05) is 18.5 Å². The summed E-state index contributed by atoms with van der Waals surface area (Å²) in [5, 5.41) is 7.96. The highest BCUT2D eigenvalue weighted by Gasteiger charge is 2.26. The SMILES string of the molecule is C=CCNc1nc(C(=O)OC2CCCCNC2=O)cs1. The van der Waals surface area contributed by atoms with E-state index in [0.717, 1.165) is 12.8 Å². The molecule has 1 unspecified atom stereocenters. The molecule has 2 N–H and O–H groups in total. The predicted octanol–water partition coefficient (Wildman–Crippen LogP) is 1.57. The van der Waals surface area contributed by atoms with Crippen molar-refractivity contribution in [3.05, 3.63) is 23.7 Å². The number of amides is 1. The molecule has 0 spiro atoms. The fourth-order valence-corrected chi connectivity index (χ4v) is 2.51. The molecule has 0 aromatic carbocycles. The number of hydrogen-bond acceptors (Lipinski definition) is 6. The van der Waals surface area contributed by atoms with Crippen LogP contribution in [0, 0.1) is 0 Å². The summed E-state index contributed by atoms with van der Waals surface area (Å²) < 4.78 is 5.23. The van der Waals surface area contributed by atoms with Gasteiger partial charge in [-0.2, -0.15) is 0 Å². The summed E-state index contributed by atoms with van der Waals surface area (Å²) in [4.78, 5) is 27.8. The summed E-state index contributed by atoms with van der Waals surface area (Å²) in [6.07, 6.45) is 3.32. The zero-order valence-electron chi connectivity index (χ0n) is 11.1. The van der Waals surface area contributed by atoms with E-state index in [1.54, 1.807) is 11.5 Å². The number of ether oxygens (including phenoxy) is 1. The maximum atomic E-state index is 12.0. The third kappa shape index (κ3) is 3.80. The number of anilines is 1. The smallest absolute Gasteiger partial charge is 0.358 e. The lowest BCUT2D eigenvalue weighted by atomic mass is 10.2. The Hall–Kier alpha value is -1.89. The number of carbonyl (C=O) groups is 2. The zero-order valence-corrected chi connectivity index (χ0v) is 11.9. The highest BCUT2D eigenvalue weighted by atomic mass is 32.1. The molecule has 108 valence electrons. The maximum absolute atomic E-state index is 12.0. The molecule has 7 heteroatoms. The van der Waals surface area contributed by atoms with Gasteiger partial charge in [0.25, 0.3) is 5.91 Å². The third-order valence-electron chi connectivity index (χ3n) is 2.84. The lowest BCUT2D eigenvalue weighted by Crippen LogP contribution is -2.36. The molecular formula is C13H17N3O3S. The Morgan fingerprint density at radius 1 is 1.65 bits per heavy atom. The highest BCUT2D eigenvalue weighted by Crippen LogP contribution is 2.17. The average molecular weight is 295 g/mol. The number of nitrogens with zero attached hydrogens (tertiary/aromatic N) is 1. The fourth-order valence-electron chi connectivity index (χ4n) is 1.82. The van der Waals surface area contributed by atoms with Crippen molar-refractivity contribution in [1.82, 2.24) is 10.3 Å². The van der Waals surface area contributed by atoms with Crippen LogP contribution in [0.2, 0.25) is 0 Å². The zero-order chi connectivity index (χ0) is 14.4. The number of carbonyl (C=O) groups excluding carboxylic acids is 2. The normalized spacial score (nSPS) is 18.8. The molecule has 1 saturated heterocycles. The first-order valence-corrected chi connectivity index (χ1v) is 7.37. The summed E-state index contributed by atoms with van der Waals surface area (Å²) in [6, 6.07) is 0. The number of nitrogens with one attached hydrogen (secondary N) is 2. The van der Waals surface area contributed by atoms with E-state index >= 15 is 0 Å². The van der Waals surface area contributed by atoms with Crippen LogP contribution in [0.15, 0.2) is 18.0 Å². The van der Waals surface area contributed by atoms with E-state index in [-0.39, 0.29) is 11.6 Å². The first kappa shape index (κ1) is 14.5. The Morgan fingerprint density at radius 3 is 3.30 bits per heavy atom. The van der Waals surface area contributed by atoms with Crippen LogP contribution in [0.1, 0.15) is 29.8 Å². The van der Waals surface area contributed by atoms with E-state index in [2.05, 4.69) is 22.2 Å². The molecule has 2 rings (SSSR count). The van der Waals surface area contributed by atoms with Crippen LogP contribution in [0.4, 0.5) is 5.13 Å². The van der Waals surface area contributed by atoms with Gasteiger partial charge in [-0.25, -0.2) is 9.78 Å². The quantitative estimate of drug-likeness (QED) is 0.636. The van der Waals surface area contributed by atoms with E-state index in [9.17, 15) is 9.59 Å². The molecule has 0 saturated carbocycles. The van der Waals surface area contributed by atoms with Crippen LogP contribution in [0.5, 0.6) is 0 Å². The van der Waals surface area contributed by atoms with Crippen molar-refractivity contribution < 1.29 is 14.3 Å². The van der Waals surface area contributed by atoms with Crippen molar-refractivity contribution in [1.29, 1.82) is 0 Å². The van der Waals surface area contributed by atoms with Crippen LogP contribution in [-0.4, -0.2) is 36.1 Å². The maximum Gasteiger partial charge on any atom is 0.358 e. The molecule has 1 aromatic rings. The van der Waals surface area contributed by atoms with Gasteiger partial charge in [0.2, 0.25) is 0 Å².